The lowest BCUT2D eigenvalue weighted by Gasteiger charge is -2.08. The molecule has 0 amide bonds. The smallest absolute Gasteiger partial charge is 0.274 e. The van der Waals surface area contributed by atoms with E-state index in [2.05, 4.69) is 15.3 Å². The van der Waals surface area contributed by atoms with Crippen LogP contribution in [-0.4, -0.2) is 14.9 Å². The molecule has 0 saturated heterocycles. The number of benzene rings is 1. The molecule has 0 aliphatic carbocycles. The minimum atomic E-state index is -0.384. The Labute approximate surface area is 104 Å². The molecule has 0 saturated carbocycles. The topological polar surface area (TPSA) is 81.0 Å². The van der Waals surface area contributed by atoms with Crippen LogP contribution in [0.15, 0.2) is 36.8 Å². The molecule has 1 aromatic heterocycles. The maximum Gasteiger partial charge on any atom is 0.274 e. The van der Waals surface area contributed by atoms with E-state index in [-0.39, 0.29) is 10.6 Å². The molecule has 0 radical (unpaired) electrons. The van der Waals surface area contributed by atoms with Gasteiger partial charge in [-0.05, 0) is 19.1 Å². The van der Waals surface area contributed by atoms with Crippen molar-refractivity contribution < 1.29 is 4.92 Å². The van der Waals surface area contributed by atoms with E-state index in [0.29, 0.717) is 12.1 Å². The number of nitrogens with one attached hydrogen (secondary N) is 1. The second kappa shape index (κ2) is 5.22. The molecule has 1 N–H and O–H groups in total. The molecule has 0 unspecified atom stereocenters. The third-order valence-electron chi connectivity index (χ3n) is 2.61. The van der Waals surface area contributed by atoms with E-state index in [1.54, 1.807) is 25.3 Å². The van der Waals surface area contributed by atoms with Crippen LogP contribution in [-0.2, 0) is 6.54 Å². The lowest BCUT2D eigenvalue weighted by molar-refractivity contribution is -0.385. The molecular weight excluding hydrogens is 232 g/mol. The lowest BCUT2D eigenvalue weighted by Crippen LogP contribution is -2.04. The quantitative estimate of drug-likeness (QED) is 0.659. The average molecular weight is 244 g/mol. The zero-order chi connectivity index (χ0) is 13.0. The van der Waals surface area contributed by atoms with Gasteiger partial charge in [0.2, 0.25) is 0 Å². The van der Waals surface area contributed by atoms with Crippen LogP contribution in [0.3, 0.4) is 0 Å². The number of hydrogen-bond donors (Lipinski definition) is 1. The van der Waals surface area contributed by atoms with Crippen molar-refractivity contribution in [2.75, 3.05) is 5.32 Å². The Kier molecular flexibility index (Phi) is 3.47. The minimum absolute atomic E-state index is 0.114. The highest BCUT2D eigenvalue weighted by molar-refractivity contribution is 5.59. The highest BCUT2D eigenvalue weighted by Crippen LogP contribution is 2.25. The van der Waals surface area contributed by atoms with Crippen molar-refractivity contribution in [3.8, 4) is 0 Å². The molecule has 0 bridgehead atoms. The summed E-state index contributed by atoms with van der Waals surface area (Å²) in [6.45, 7) is 2.23. The Morgan fingerprint density at radius 2 is 2.22 bits per heavy atom. The molecule has 0 spiro atoms. The standard InChI is InChI=1S/C12H12N4O2/c1-9-11(3-2-4-12(9)16(17)18)14-7-10-5-6-13-8-15-10/h2-6,8,14H,7H2,1H3. The molecule has 2 aromatic rings. The molecule has 1 aromatic carbocycles. The van der Waals surface area contributed by atoms with Gasteiger partial charge in [-0.25, -0.2) is 9.97 Å². The van der Waals surface area contributed by atoms with E-state index >= 15 is 0 Å². The molecule has 1 heterocycles. The zero-order valence-electron chi connectivity index (χ0n) is 9.83. The molecular formula is C12H12N4O2. The summed E-state index contributed by atoms with van der Waals surface area (Å²) in [6, 6.07) is 6.75. The lowest BCUT2D eigenvalue weighted by atomic mass is 10.1. The zero-order valence-corrected chi connectivity index (χ0v) is 9.83. The summed E-state index contributed by atoms with van der Waals surface area (Å²) in [5.74, 6) is 0. The van der Waals surface area contributed by atoms with Crippen molar-refractivity contribution in [3.63, 3.8) is 0 Å². The first-order valence-corrected chi connectivity index (χ1v) is 5.41. The van der Waals surface area contributed by atoms with Crippen molar-refractivity contribution in [2.24, 2.45) is 0 Å². The molecule has 0 aliphatic rings. The number of nitro groups is 1. The molecule has 6 nitrogen and oxygen atoms in total. The van der Waals surface area contributed by atoms with E-state index < -0.39 is 0 Å². The van der Waals surface area contributed by atoms with Gasteiger partial charge in [-0.1, -0.05) is 6.07 Å². The van der Waals surface area contributed by atoms with Crippen LogP contribution < -0.4 is 5.32 Å². The number of anilines is 1. The molecule has 2 rings (SSSR count). The summed E-state index contributed by atoms with van der Waals surface area (Å²) in [4.78, 5) is 18.3. The van der Waals surface area contributed by atoms with Crippen LogP contribution >= 0.6 is 0 Å². The summed E-state index contributed by atoms with van der Waals surface area (Å²) >= 11 is 0. The van der Waals surface area contributed by atoms with Gasteiger partial charge in [0.05, 0.1) is 17.2 Å². The van der Waals surface area contributed by atoms with E-state index in [9.17, 15) is 10.1 Å². The second-order valence-corrected chi connectivity index (χ2v) is 3.76. The van der Waals surface area contributed by atoms with Crippen molar-refractivity contribution in [1.29, 1.82) is 0 Å². The first-order valence-electron chi connectivity index (χ1n) is 5.41. The van der Waals surface area contributed by atoms with Gasteiger partial charge in [0.15, 0.2) is 0 Å². The number of rotatable bonds is 4. The highest BCUT2D eigenvalue weighted by Gasteiger charge is 2.12. The van der Waals surface area contributed by atoms with Crippen LogP contribution in [0.2, 0.25) is 0 Å². The molecule has 0 fully saturated rings. The Morgan fingerprint density at radius 1 is 1.39 bits per heavy atom. The van der Waals surface area contributed by atoms with Gasteiger partial charge in [0, 0.05) is 23.5 Å². The third kappa shape index (κ3) is 2.60. The van der Waals surface area contributed by atoms with Crippen LogP contribution in [0.1, 0.15) is 11.3 Å². The van der Waals surface area contributed by atoms with Crippen molar-refractivity contribution >= 4 is 11.4 Å². The van der Waals surface area contributed by atoms with E-state index in [4.69, 9.17) is 0 Å². The molecule has 0 aliphatic heterocycles. The second-order valence-electron chi connectivity index (χ2n) is 3.76. The Hall–Kier alpha value is -2.50. The fourth-order valence-corrected chi connectivity index (χ4v) is 1.62. The van der Waals surface area contributed by atoms with Gasteiger partial charge in [-0.15, -0.1) is 0 Å². The van der Waals surface area contributed by atoms with Crippen LogP contribution in [0, 0.1) is 17.0 Å². The third-order valence-corrected chi connectivity index (χ3v) is 2.61. The molecule has 0 atom stereocenters. The molecule has 92 valence electrons. The van der Waals surface area contributed by atoms with Crippen LogP contribution in [0.5, 0.6) is 0 Å². The minimum Gasteiger partial charge on any atom is -0.379 e. The van der Waals surface area contributed by atoms with Crippen molar-refractivity contribution in [2.45, 2.75) is 13.5 Å². The molecule has 6 heteroatoms. The fourth-order valence-electron chi connectivity index (χ4n) is 1.62. The largest absolute Gasteiger partial charge is 0.379 e. The van der Waals surface area contributed by atoms with Gasteiger partial charge in [0.1, 0.15) is 6.33 Å². The van der Waals surface area contributed by atoms with E-state index in [1.807, 2.05) is 6.07 Å². The van der Waals surface area contributed by atoms with Gasteiger partial charge in [0.25, 0.3) is 5.69 Å². The Bertz CT molecular complexity index is 557. The van der Waals surface area contributed by atoms with Gasteiger partial charge in [-0.2, -0.15) is 0 Å². The summed E-state index contributed by atoms with van der Waals surface area (Å²) in [5, 5.41) is 13.9. The summed E-state index contributed by atoms with van der Waals surface area (Å²) in [7, 11) is 0. The SMILES string of the molecule is Cc1c(NCc2ccncn2)cccc1[N+](=O)[O-]. The first kappa shape index (κ1) is 12.0. The average Bonchev–Trinajstić information content (AvgIpc) is 2.38. The highest BCUT2D eigenvalue weighted by atomic mass is 16.6. The van der Waals surface area contributed by atoms with Crippen molar-refractivity contribution in [1.82, 2.24) is 9.97 Å². The number of aromatic nitrogens is 2. The fraction of sp³-hybridized carbons (Fsp3) is 0.167. The maximum atomic E-state index is 10.8. The van der Waals surface area contributed by atoms with Gasteiger partial charge < -0.3 is 5.32 Å². The van der Waals surface area contributed by atoms with Crippen LogP contribution in [0.25, 0.3) is 0 Å². The predicted octanol–water partition coefficient (Wildman–Crippen LogP) is 2.31. The Balaban J connectivity index is 2.15. The number of hydrogen-bond acceptors (Lipinski definition) is 5. The summed E-state index contributed by atoms with van der Waals surface area (Å²) in [6.07, 6.45) is 3.13. The van der Waals surface area contributed by atoms with Crippen LogP contribution in [0.4, 0.5) is 11.4 Å². The predicted molar refractivity (Wildman–Crippen MR) is 67.2 cm³/mol. The maximum absolute atomic E-state index is 10.8. The summed E-state index contributed by atoms with van der Waals surface area (Å²) < 4.78 is 0. The van der Waals surface area contributed by atoms with Crippen molar-refractivity contribution in [3.05, 3.63) is 58.2 Å². The summed E-state index contributed by atoms with van der Waals surface area (Å²) in [5.41, 5.74) is 2.30. The number of nitro benzene ring substituents is 1. The van der Waals surface area contributed by atoms with E-state index in [0.717, 1.165) is 11.4 Å². The van der Waals surface area contributed by atoms with E-state index in [1.165, 1.54) is 12.4 Å². The first-order chi connectivity index (χ1) is 8.68. The van der Waals surface area contributed by atoms with Gasteiger partial charge >= 0.3 is 0 Å². The van der Waals surface area contributed by atoms with Gasteiger partial charge in [-0.3, -0.25) is 10.1 Å². The number of nitrogens with zero attached hydrogens (tertiary/aromatic N) is 3. The monoisotopic (exact) mass is 244 g/mol. The Morgan fingerprint density at radius 3 is 2.89 bits per heavy atom. The normalized spacial score (nSPS) is 10.1. The molecule has 18 heavy (non-hydrogen) atoms.